The van der Waals surface area contributed by atoms with Crippen LogP contribution < -0.4 is 5.32 Å². The topological polar surface area (TPSA) is 21.3 Å². The lowest BCUT2D eigenvalue weighted by Gasteiger charge is -2.10. The fourth-order valence-corrected chi connectivity index (χ4v) is 1.35. The molecule has 0 aromatic carbocycles. The van der Waals surface area contributed by atoms with E-state index in [0.717, 1.165) is 19.4 Å². The summed E-state index contributed by atoms with van der Waals surface area (Å²) in [6.07, 6.45) is -2.34. The average Bonchev–Trinajstić information content (AvgIpc) is 2.48. The Labute approximate surface area is 75.4 Å². The van der Waals surface area contributed by atoms with Gasteiger partial charge in [-0.2, -0.15) is 13.2 Å². The first-order valence-electron chi connectivity index (χ1n) is 4.43. The Morgan fingerprint density at radius 3 is 2.69 bits per heavy atom. The van der Waals surface area contributed by atoms with Gasteiger partial charge in [0.25, 0.3) is 0 Å². The average molecular weight is 197 g/mol. The Balaban J connectivity index is 1.94. The third-order valence-corrected chi connectivity index (χ3v) is 2.08. The zero-order valence-electron chi connectivity index (χ0n) is 7.36. The monoisotopic (exact) mass is 197 g/mol. The number of alkyl halides is 3. The zero-order valence-corrected chi connectivity index (χ0v) is 7.36. The number of hydrogen-bond donors (Lipinski definition) is 1. The Morgan fingerprint density at radius 1 is 1.38 bits per heavy atom. The largest absolute Gasteiger partial charge is 0.401 e. The van der Waals surface area contributed by atoms with Crippen LogP contribution in [0.15, 0.2) is 0 Å². The van der Waals surface area contributed by atoms with E-state index in [4.69, 9.17) is 4.74 Å². The summed E-state index contributed by atoms with van der Waals surface area (Å²) in [5, 5.41) is 2.37. The van der Waals surface area contributed by atoms with Gasteiger partial charge in [-0.15, -0.1) is 0 Å². The Hall–Kier alpha value is -0.290. The molecule has 0 amide bonds. The molecule has 1 atom stereocenters. The molecule has 1 aliphatic heterocycles. The van der Waals surface area contributed by atoms with Crippen molar-refractivity contribution in [2.75, 3.05) is 26.3 Å². The summed E-state index contributed by atoms with van der Waals surface area (Å²) >= 11 is 0. The highest BCUT2D eigenvalue weighted by Gasteiger charge is 2.26. The maximum Gasteiger partial charge on any atom is 0.401 e. The molecule has 0 aromatic rings. The quantitative estimate of drug-likeness (QED) is 0.690. The van der Waals surface area contributed by atoms with E-state index in [2.05, 4.69) is 5.32 Å². The van der Waals surface area contributed by atoms with Crippen molar-refractivity contribution < 1.29 is 17.9 Å². The highest BCUT2D eigenvalue weighted by molar-refractivity contribution is 4.66. The molecule has 0 aromatic heterocycles. The number of rotatable bonds is 4. The standard InChI is InChI=1S/C8H14F3NO/c9-8(10,11)6-12-3-1-7-2-4-13-5-7/h7,12H,1-6H2. The van der Waals surface area contributed by atoms with Gasteiger partial charge in [-0.05, 0) is 25.3 Å². The minimum atomic E-state index is -4.09. The van der Waals surface area contributed by atoms with Crippen LogP contribution in [-0.2, 0) is 4.74 Å². The smallest absolute Gasteiger partial charge is 0.381 e. The van der Waals surface area contributed by atoms with Crippen LogP contribution >= 0.6 is 0 Å². The van der Waals surface area contributed by atoms with Crippen molar-refractivity contribution >= 4 is 0 Å². The van der Waals surface area contributed by atoms with Crippen LogP contribution in [0.1, 0.15) is 12.8 Å². The molecule has 1 heterocycles. The molecule has 1 unspecified atom stereocenters. The van der Waals surface area contributed by atoms with Crippen molar-refractivity contribution in [1.82, 2.24) is 5.32 Å². The summed E-state index contributed by atoms with van der Waals surface area (Å²) in [6, 6.07) is 0. The SMILES string of the molecule is FC(F)(F)CNCCC1CCOC1. The van der Waals surface area contributed by atoms with E-state index in [1.165, 1.54) is 0 Å². The van der Waals surface area contributed by atoms with E-state index in [1.54, 1.807) is 0 Å². The van der Waals surface area contributed by atoms with Crippen LogP contribution in [0.4, 0.5) is 13.2 Å². The van der Waals surface area contributed by atoms with E-state index in [0.29, 0.717) is 19.1 Å². The zero-order chi connectivity index (χ0) is 9.73. The molecule has 1 N–H and O–H groups in total. The van der Waals surface area contributed by atoms with Crippen molar-refractivity contribution in [2.45, 2.75) is 19.0 Å². The number of ether oxygens (including phenoxy) is 1. The van der Waals surface area contributed by atoms with Gasteiger partial charge in [0, 0.05) is 13.2 Å². The molecule has 1 fully saturated rings. The number of hydrogen-bond acceptors (Lipinski definition) is 2. The van der Waals surface area contributed by atoms with Gasteiger partial charge in [-0.3, -0.25) is 0 Å². The summed E-state index contributed by atoms with van der Waals surface area (Å²) < 4.78 is 40.1. The number of nitrogens with one attached hydrogen (secondary N) is 1. The first-order valence-corrected chi connectivity index (χ1v) is 4.43. The molecule has 13 heavy (non-hydrogen) atoms. The van der Waals surface area contributed by atoms with Gasteiger partial charge in [0.15, 0.2) is 0 Å². The normalized spacial score (nSPS) is 23.8. The van der Waals surface area contributed by atoms with Gasteiger partial charge in [0.1, 0.15) is 0 Å². The minimum Gasteiger partial charge on any atom is -0.381 e. The summed E-state index contributed by atoms with van der Waals surface area (Å²) in [7, 11) is 0. The highest BCUT2D eigenvalue weighted by atomic mass is 19.4. The molecule has 0 saturated carbocycles. The molecule has 2 nitrogen and oxygen atoms in total. The number of halogens is 3. The van der Waals surface area contributed by atoms with Crippen LogP contribution in [0, 0.1) is 5.92 Å². The van der Waals surface area contributed by atoms with Crippen molar-refractivity contribution in [1.29, 1.82) is 0 Å². The molecule has 0 bridgehead atoms. The van der Waals surface area contributed by atoms with E-state index < -0.39 is 12.7 Å². The van der Waals surface area contributed by atoms with Crippen molar-refractivity contribution in [2.24, 2.45) is 5.92 Å². The molecule has 0 spiro atoms. The molecule has 78 valence electrons. The van der Waals surface area contributed by atoms with Crippen molar-refractivity contribution in [3.63, 3.8) is 0 Å². The van der Waals surface area contributed by atoms with Gasteiger partial charge < -0.3 is 10.1 Å². The van der Waals surface area contributed by atoms with Crippen LogP contribution in [0.25, 0.3) is 0 Å². The van der Waals surface area contributed by atoms with Crippen molar-refractivity contribution in [3.8, 4) is 0 Å². The highest BCUT2D eigenvalue weighted by Crippen LogP contribution is 2.16. The second-order valence-corrected chi connectivity index (χ2v) is 3.31. The third kappa shape index (κ3) is 5.10. The predicted molar refractivity (Wildman–Crippen MR) is 42.5 cm³/mol. The first-order chi connectivity index (χ1) is 6.08. The van der Waals surface area contributed by atoms with Crippen LogP contribution in [0.5, 0.6) is 0 Å². The van der Waals surface area contributed by atoms with E-state index in [1.807, 2.05) is 0 Å². The van der Waals surface area contributed by atoms with E-state index in [-0.39, 0.29) is 0 Å². The second-order valence-electron chi connectivity index (χ2n) is 3.31. The van der Waals surface area contributed by atoms with E-state index >= 15 is 0 Å². The lowest BCUT2D eigenvalue weighted by molar-refractivity contribution is -0.124. The summed E-state index contributed by atoms with van der Waals surface area (Å²) in [4.78, 5) is 0. The molecule has 0 aliphatic carbocycles. The van der Waals surface area contributed by atoms with Gasteiger partial charge in [-0.25, -0.2) is 0 Å². The summed E-state index contributed by atoms with van der Waals surface area (Å²) in [5.74, 6) is 0.445. The van der Waals surface area contributed by atoms with Crippen LogP contribution in [-0.4, -0.2) is 32.5 Å². The Kier molecular flexibility index (Phi) is 3.99. The Morgan fingerprint density at radius 2 is 2.15 bits per heavy atom. The van der Waals surface area contributed by atoms with Gasteiger partial charge in [-0.1, -0.05) is 0 Å². The van der Waals surface area contributed by atoms with Gasteiger partial charge in [0.2, 0.25) is 0 Å². The van der Waals surface area contributed by atoms with Gasteiger partial charge >= 0.3 is 6.18 Å². The van der Waals surface area contributed by atoms with Gasteiger partial charge in [0.05, 0.1) is 6.54 Å². The van der Waals surface area contributed by atoms with Crippen LogP contribution in [0.3, 0.4) is 0 Å². The fourth-order valence-electron chi connectivity index (χ4n) is 1.35. The molecule has 1 aliphatic rings. The minimum absolute atomic E-state index is 0.424. The van der Waals surface area contributed by atoms with E-state index in [9.17, 15) is 13.2 Å². The Bertz CT molecular complexity index is 143. The summed E-state index contributed by atoms with van der Waals surface area (Å²) in [5.41, 5.74) is 0. The molecule has 0 radical (unpaired) electrons. The first kappa shape index (κ1) is 10.8. The van der Waals surface area contributed by atoms with Crippen LogP contribution in [0.2, 0.25) is 0 Å². The summed E-state index contributed by atoms with van der Waals surface area (Å²) in [6.45, 7) is 0.992. The molecular formula is C8H14F3NO. The maximum atomic E-state index is 11.7. The van der Waals surface area contributed by atoms with Crippen molar-refractivity contribution in [3.05, 3.63) is 0 Å². The lowest BCUT2D eigenvalue weighted by atomic mass is 10.1. The molecule has 1 saturated heterocycles. The molecular weight excluding hydrogens is 183 g/mol. The lowest BCUT2D eigenvalue weighted by Crippen LogP contribution is -2.30. The maximum absolute atomic E-state index is 11.7. The molecule has 1 rings (SSSR count). The molecule has 5 heteroatoms. The predicted octanol–water partition coefficient (Wildman–Crippen LogP) is 1.56. The second kappa shape index (κ2) is 4.81. The fraction of sp³-hybridized carbons (Fsp3) is 1.00. The third-order valence-electron chi connectivity index (χ3n) is 2.08.